The van der Waals surface area contributed by atoms with Crippen LogP contribution in [0.1, 0.15) is 22.3 Å². The van der Waals surface area contributed by atoms with Crippen LogP contribution in [0, 0.1) is 0 Å². The minimum atomic E-state index is -0.705. The molecule has 0 heterocycles. The van der Waals surface area contributed by atoms with Crippen molar-refractivity contribution in [2.24, 2.45) is 5.84 Å². The maximum Gasteiger partial charge on any atom is 0.251 e. The highest BCUT2D eigenvalue weighted by atomic mass is 35.5. The Balaban J connectivity index is 2.02. The highest BCUT2D eigenvalue weighted by molar-refractivity contribution is 6.30. The molecule has 23 heavy (non-hydrogen) atoms. The molecule has 0 aromatic heterocycles. The molecule has 1 atom stereocenters. The number of nitrogens with one attached hydrogen (secondary N) is 2. The molecule has 0 spiro atoms. The van der Waals surface area contributed by atoms with Crippen molar-refractivity contribution in [1.29, 1.82) is 0 Å². The molecule has 0 saturated heterocycles. The first-order valence-electron chi connectivity index (χ1n) is 7.16. The van der Waals surface area contributed by atoms with Crippen LogP contribution in [-0.4, -0.2) is 17.7 Å². The van der Waals surface area contributed by atoms with Crippen molar-refractivity contribution in [1.82, 2.24) is 10.7 Å². The Morgan fingerprint density at radius 2 is 1.70 bits per heavy atom. The van der Waals surface area contributed by atoms with Gasteiger partial charge < -0.3 is 5.32 Å². The molecule has 2 aromatic carbocycles. The number of amides is 1. The van der Waals surface area contributed by atoms with Crippen molar-refractivity contribution < 1.29 is 9.59 Å². The van der Waals surface area contributed by atoms with Crippen molar-refractivity contribution in [3.8, 4) is 0 Å². The highest BCUT2D eigenvalue weighted by Gasteiger charge is 2.21. The lowest BCUT2D eigenvalue weighted by molar-refractivity contribution is -0.123. The van der Waals surface area contributed by atoms with Crippen LogP contribution in [0.25, 0.3) is 0 Å². The van der Waals surface area contributed by atoms with Gasteiger partial charge in [-0.15, -0.1) is 0 Å². The fourth-order valence-corrected chi connectivity index (χ4v) is 2.26. The molecule has 0 aliphatic carbocycles. The second-order valence-electron chi connectivity index (χ2n) is 5.06. The zero-order chi connectivity index (χ0) is 16.7. The lowest BCUT2D eigenvalue weighted by Gasteiger charge is -2.16. The van der Waals surface area contributed by atoms with Gasteiger partial charge in [-0.1, -0.05) is 41.9 Å². The van der Waals surface area contributed by atoms with E-state index in [0.717, 1.165) is 5.56 Å². The van der Waals surface area contributed by atoms with Gasteiger partial charge in [-0.3, -0.25) is 15.0 Å². The third-order valence-corrected chi connectivity index (χ3v) is 3.66. The standard InChI is InChI=1S/C17H18ClN3O2/c18-14-8-6-13(7-9-14)16(22)10-15(17(23)21-19)20-11-12-4-2-1-3-5-12/h1-9,15,20H,10-11,19H2,(H,21,23). The second kappa shape index (κ2) is 8.43. The van der Waals surface area contributed by atoms with E-state index in [9.17, 15) is 9.59 Å². The molecule has 1 amide bonds. The van der Waals surface area contributed by atoms with Gasteiger partial charge in [0, 0.05) is 23.6 Å². The first kappa shape index (κ1) is 17.1. The molecule has 120 valence electrons. The predicted octanol–water partition coefficient (Wildman–Crippen LogP) is 2.06. The summed E-state index contributed by atoms with van der Waals surface area (Å²) in [7, 11) is 0. The van der Waals surface area contributed by atoms with E-state index in [1.807, 2.05) is 30.3 Å². The van der Waals surface area contributed by atoms with Crippen molar-refractivity contribution in [2.45, 2.75) is 19.0 Å². The first-order valence-corrected chi connectivity index (χ1v) is 7.54. The van der Waals surface area contributed by atoms with Crippen molar-refractivity contribution in [3.05, 3.63) is 70.7 Å². The van der Waals surface area contributed by atoms with E-state index in [4.69, 9.17) is 17.4 Å². The Morgan fingerprint density at radius 1 is 1.04 bits per heavy atom. The van der Waals surface area contributed by atoms with E-state index in [0.29, 0.717) is 17.1 Å². The van der Waals surface area contributed by atoms with Crippen molar-refractivity contribution in [2.75, 3.05) is 0 Å². The molecule has 0 bridgehead atoms. The Bertz CT molecular complexity index is 659. The molecule has 0 radical (unpaired) electrons. The normalized spacial score (nSPS) is 11.7. The maximum atomic E-state index is 12.3. The van der Waals surface area contributed by atoms with E-state index in [1.54, 1.807) is 24.3 Å². The van der Waals surface area contributed by atoms with Crippen LogP contribution in [0.3, 0.4) is 0 Å². The van der Waals surface area contributed by atoms with Gasteiger partial charge >= 0.3 is 0 Å². The number of benzene rings is 2. The molecule has 1 unspecified atom stereocenters. The summed E-state index contributed by atoms with van der Waals surface area (Å²) < 4.78 is 0. The van der Waals surface area contributed by atoms with Crippen LogP contribution in [0.2, 0.25) is 5.02 Å². The van der Waals surface area contributed by atoms with Gasteiger partial charge in [0.15, 0.2) is 5.78 Å². The Hall–Kier alpha value is -2.21. The molecular formula is C17H18ClN3O2. The Kier molecular flexibility index (Phi) is 6.29. The van der Waals surface area contributed by atoms with Crippen LogP contribution < -0.4 is 16.6 Å². The monoisotopic (exact) mass is 331 g/mol. The van der Waals surface area contributed by atoms with E-state index >= 15 is 0 Å². The van der Waals surface area contributed by atoms with Crippen LogP contribution in [0.15, 0.2) is 54.6 Å². The zero-order valence-electron chi connectivity index (χ0n) is 12.5. The van der Waals surface area contributed by atoms with Gasteiger partial charge in [-0.2, -0.15) is 0 Å². The van der Waals surface area contributed by atoms with Crippen molar-refractivity contribution >= 4 is 23.3 Å². The van der Waals surface area contributed by atoms with E-state index in [1.165, 1.54) is 0 Å². The van der Waals surface area contributed by atoms with Gasteiger partial charge in [0.1, 0.15) is 0 Å². The fourth-order valence-electron chi connectivity index (χ4n) is 2.13. The number of carbonyl (C=O) groups excluding carboxylic acids is 2. The number of halogens is 1. The van der Waals surface area contributed by atoms with Gasteiger partial charge in [0.2, 0.25) is 0 Å². The number of carbonyl (C=O) groups is 2. The number of hydrazine groups is 1. The molecule has 0 fully saturated rings. The van der Waals surface area contributed by atoms with Crippen molar-refractivity contribution in [3.63, 3.8) is 0 Å². The molecule has 5 nitrogen and oxygen atoms in total. The molecule has 2 rings (SSSR count). The maximum absolute atomic E-state index is 12.3. The summed E-state index contributed by atoms with van der Waals surface area (Å²) in [6.45, 7) is 0.465. The second-order valence-corrected chi connectivity index (χ2v) is 5.50. The average molecular weight is 332 g/mol. The molecule has 0 aliphatic heterocycles. The van der Waals surface area contributed by atoms with Crippen LogP contribution in [0.4, 0.5) is 0 Å². The lowest BCUT2D eigenvalue weighted by Crippen LogP contribution is -2.47. The lowest BCUT2D eigenvalue weighted by atomic mass is 10.0. The van der Waals surface area contributed by atoms with Gasteiger partial charge in [0.05, 0.1) is 6.04 Å². The number of hydrogen-bond donors (Lipinski definition) is 3. The fraction of sp³-hybridized carbons (Fsp3) is 0.176. The number of nitrogens with two attached hydrogens (primary N) is 1. The minimum absolute atomic E-state index is 0.0114. The number of rotatable bonds is 7. The Morgan fingerprint density at radius 3 is 2.30 bits per heavy atom. The van der Waals surface area contributed by atoms with Crippen LogP contribution in [-0.2, 0) is 11.3 Å². The molecule has 2 aromatic rings. The van der Waals surface area contributed by atoms with E-state index in [2.05, 4.69) is 10.7 Å². The summed E-state index contributed by atoms with van der Waals surface area (Å²) in [4.78, 5) is 24.2. The van der Waals surface area contributed by atoms with Gasteiger partial charge in [-0.25, -0.2) is 5.84 Å². The summed E-state index contributed by atoms with van der Waals surface area (Å²) in [5.74, 6) is 4.62. The number of ketones is 1. The minimum Gasteiger partial charge on any atom is -0.301 e. The molecule has 6 heteroatoms. The molecule has 0 aliphatic rings. The largest absolute Gasteiger partial charge is 0.301 e. The number of hydrogen-bond acceptors (Lipinski definition) is 4. The summed E-state index contributed by atoms with van der Waals surface area (Å²) in [5.41, 5.74) is 3.61. The smallest absolute Gasteiger partial charge is 0.251 e. The third-order valence-electron chi connectivity index (χ3n) is 3.41. The van der Waals surface area contributed by atoms with Crippen LogP contribution in [0.5, 0.6) is 0 Å². The SMILES string of the molecule is NNC(=O)C(CC(=O)c1ccc(Cl)cc1)NCc1ccccc1. The van der Waals surface area contributed by atoms with Gasteiger partial charge in [0.25, 0.3) is 5.91 Å². The summed E-state index contributed by atoms with van der Waals surface area (Å²) in [5, 5.41) is 3.62. The van der Waals surface area contributed by atoms with E-state index in [-0.39, 0.29) is 12.2 Å². The molecule has 0 saturated carbocycles. The molecule has 4 N–H and O–H groups in total. The highest BCUT2D eigenvalue weighted by Crippen LogP contribution is 2.12. The quantitative estimate of drug-likeness (QED) is 0.314. The topological polar surface area (TPSA) is 84.2 Å². The average Bonchev–Trinajstić information content (AvgIpc) is 2.59. The zero-order valence-corrected chi connectivity index (χ0v) is 13.2. The third kappa shape index (κ3) is 5.17. The van der Waals surface area contributed by atoms with Gasteiger partial charge in [-0.05, 0) is 29.8 Å². The first-order chi connectivity index (χ1) is 11.1. The summed E-state index contributed by atoms with van der Waals surface area (Å²) in [6.07, 6.45) is 0.0114. The number of Topliss-reactive ketones (excluding diaryl/α,β-unsaturated/α-hetero) is 1. The molecular weight excluding hydrogens is 314 g/mol. The summed E-state index contributed by atoms with van der Waals surface area (Å²) in [6, 6.07) is 15.5. The predicted molar refractivity (Wildman–Crippen MR) is 89.8 cm³/mol. The Labute approximate surface area is 139 Å². The van der Waals surface area contributed by atoms with Crippen LogP contribution >= 0.6 is 11.6 Å². The summed E-state index contributed by atoms with van der Waals surface area (Å²) >= 11 is 5.81. The van der Waals surface area contributed by atoms with E-state index < -0.39 is 11.9 Å².